The second-order valence-electron chi connectivity index (χ2n) is 4.31. The molecule has 1 rings (SSSR count). The van der Waals surface area contributed by atoms with Gasteiger partial charge in [-0.3, -0.25) is 9.59 Å². The fraction of sp³-hybridized carbons (Fsp3) is 0.429. The van der Waals surface area contributed by atoms with Crippen molar-refractivity contribution < 1.29 is 14.3 Å². The molecule has 0 aliphatic carbocycles. The molecule has 0 bridgehead atoms. The van der Waals surface area contributed by atoms with Crippen LogP contribution in [0.3, 0.4) is 0 Å². The third-order valence-electron chi connectivity index (χ3n) is 2.46. The molecule has 0 N–H and O–H groups in total. The van der Waals surface area contributed by atoms with Crippen molar-refractivity contribution >= 4 is 11.8 Å². The van der Waals surface area contributed by atoms with E-state index < -0.39 is 0 Å². The van der Waals surface area contributed by atoms with Crippen LogP contribution in [0.15, 0.2) is 24.3 Å². The summed E-state index contributed by atoms with van der Waals surface area (Å²) in [6, 6.07) is 7.45. The Morgan fingerprint density at radius 3 is 2.24 bits per heavy atom. The van der Waals surface area contributed by atoms with Crippen LogP contribution in [-0.2, 0) is 16.0 Å². The van der Waals surface area contributed by atoms with Gasteiger partial charge in [0.2, 0.25) is 0 Å². The minimum Gasteiger partial charge on any atom is -0.466 e. The van der Waals surface area contributed by atoms with E-state index in [4.69, 9.17) is 4.74 Å². The van der Waals surface area contributed by atoms with E-state index in [2.05, 4.69) is 0 Å². The van der Waals surface area contributed by atoms with Crippen molar-refractivity contribution in [1.29, 1.82) is 0 Å². The summed E-state index contributed by atoms with van der Waals surface area (Å²) >= 11 is 0. The molecule has 0 aliphatic rings. The predicted octanol–water partition coefficient (Wildman–Crippen LogP) is 2.63. The van der Waals surface area contributed by atoms with E-state index in [0.717, 1.165) is 11.1 Å². The van der Waals surface area contributed by atoms with Crippen LogP contribution in [0, 0.1) is 5.92 Å². The van der Waals surface area contributed by atoms with E-state index in [0.29, 0.717) is 13.0 Å². The number of esters is 1. The first-order valence-electron chi connectivity index (χ1n) is 5.77. The Kier molecular flexibility index (Phi) is 4.88. The van der Waals surface area contributed by atoms with Crippen molar-refractivity contribution in [3.63, 3.8) is 0 Å². The molecule has 0 atom stereocenters. The maximum absolute atomic E-state index is 11.7. The quantitative estimate of drug-likeness (QED) is 0.581. The molecule has 0 aliphatic heterocycles. The van der Waals surface area contributed by atoms with Gasteiger partial charge in [0.05, 0.1) is 6.61 Å². The fourth-order valence-corrected chi connectivity index (χ4v) is 1.48. The first-order valence-corrected chi connectivity index (χ1v) is 5.77. The van der Waals surface area contributed by atoms with E-state index in [1.807, 2.05) is 38.1 Å². The van der Waals surface area contributed by atoms with Crippen LogP contribution in [0.2, 0.25) is 0 Å². The molecule has 0 spiro atoms. The van der Waals surface area contributed by atoms with Crippen molar-refractivity contribution in [1.82, 2.24) is 0 Å². The molecular formula is C14H18O3. The topological polar surface area (TPSA) is 43.4 Å². The number of carbonyl (C=O) groups excluding carboxylic acids is 2. The van der Waals surface area contributed by atoms with Crippen molar-refractivity contribution in [3.8, 4) is 0 Å². The molecular weight excluding hydrogens is 216 g/mol. The number of rotatable bonds is 5. The number of carbonyl (C=O) groups is 2. The van der Waals surface area contributed by atoms with Crippen molar-refractivity contribution in [2.75, 3.05) is 6.61 Å². The highest BCUT2D eigenvalue weighted by molar-refractivity contribution is 5.97. The maximum atomic E-state index is 11.7. The first-order chi connectivity index (χ1) is 8.00. The first kappa shape index (κ1) is 13.4. The van der Waals surface area contributed by atoms with Gasteiger partial charge < -0.3 is 4.74 Å². The SMILES string of the molecule is CC(=O)OCCc1ccc(C(=O)C(C)C)cc1. The van der Waals surface area contributed by atoms with E-state index in [1.54, 1.807) is 0 Å². The number of hydrogen-bond acceptors (Lipinski definition) is 3. The molecule has 3 nitrogen and oxygen atoms in total. The van der Waals surface area contributed by atoms with Gasteiger partial charge in [-0.15, -0.1) is 0 Å². The summed E-state index contributed by atoms with van der Waals surface area (Å²) in [6.07, 6.45) is 0.676. The molecule has 1 aromatic rings. The van der Waals surface area contributed by atoms with Gasteiger partial charge in [-0.2, -0.15) is 0 Å². The van der Waals surface area contributed by atoms with Crippen LogP contribution >= 0.6 is 0 Å². The summed E-state index contributed by atoms with van der Waals surface area (Å²) in [5.74, 6) is -0.102. The van der Waals surface area contributed by atoms with Crippen LogP contribution in [0.4, 0.5) is 0 Å². The second-order valence-corrected chi connectivity index (χ2v) is 4.31. The van der Waals surface area contributed by atoms with E-state index in [-0.39, 0.29) is 17.7 Å². The Morgan fingerprint density at radius 2 is 1.76 bits per heavy atom. The summed E-state index contributed by atoms with van der Waals surface area (Å²) < 4.78 is 4.86. The maximum Gasteiger partial charge on any atom is 0.302 e. The molecule has 3 heteroatoms. The van der Waals surface area contributed by atoms with Crippen LogP contribution in [-0.4, -0.2) is 18.4 Å². The molecule has 0 saturated carbocycles. The highest BCUT2D eigenvalue weighted by Crippen LogP contribution is 2.10. The van der Waals surface area contributed by atoms with E-state index in [9.17, 15) is 9.59 Å². The third-order valence-corrected chi connectivity index (χ3v) is 2.46. The lowest BCUT2D eigenvalue weighted by atomic mass is 9.99. The van der Waals surface area contributed by atoms with Gasteiger partial charge in [-0.05, 0) is 5.56 Å². The molecule has 17 heavy (non-hydrogen) atoms. The highest BCUT2D eigenvalue weighted by atomic mass is 16.5. The van der Waals surface area contributed by atoms with Gasteiger partial charge in [0, 0.05) is 24.8 Å². The summed E-state index contributed by atoms with van der Waals surface area (Å²) in [5.41, 5.74) is 1.79. The zero-order chi connectivity index (χ0) is 12.8. The normalized spacial score (nSPS) is 10.4. The molecule has 0 heterocycles. The van der Waals surface area contributed by atoms with Crippen LogP contribution in [0.1, 0.15) is 36.7 Å². The molecule has 0 amide bonds. The highest BCUT2D eigenvalue weighted by Gasteiger charge is 2.09. The molecule has 0 aromatic heterocycles. The van der Waals surface area contributed by atoms with Crippen LogP contribution in [0.25, 0.3) is 0 Å². The zero-order valence-electron chi connectivity index (χ0n) is 10.5. The minimum absolute atomic E-state index is 0.0156. The Morgan fingerprint density at radius 1 is 1.18 bits per heavy atom. The van der Waals surface area contributed by atoms with E-state index >= 15 is 0 Å². The monoisotopic (exact) mass is 234 g/mol. The van der Waals surface area contributed by atoms with Crippen molar-refractivity contribution in [2.24, 2.45) is 5.92 Å². The minimum atomic E-state index is -0.267. The molecule has 0 unspecified atom stereocenters. The third kappa shape index (κ3) is 4.39. The number of benzene rings is 1. The van der Waals surface area contributed by atoms with Gasteiger partial charge in [-0.1, -0.05) is 38.1 Å². The van der Waals surface area contributed by atoms with Crippen LogP contribution < -0.4 is 0 Å². The van der Waals surface area contributed by atoms with Gasteiger partial charge in [0.1, 0.15) is 0 Å². The summed E-state index contributed by atoms with van der Waals surface area (Å²) in [4.78, 5) is 22.3. The number of Topliss-reactive ketones (excluding diaryl/α,β-unsaturated/α-hetero) is 1. The Hall–Kier alpha value is -1.64. The fourth-order valence-electron chi connectivity index (χ4n) is 1.48. The second kappa shape index (κ2) is 6.18. The lowest BCUT2D eigenvalue weighted by Crippen LogP contribution is -2.07. The van der Waals surface area contributed by atoms with Gasteiger partial charge in [0.25, 0.3) is 0 Å². The predicted molar refractivity (Wildman–Crippen MR) is 65.9 cm³/mol. The lowest BCUT2D eigenvalue weighted by molar-refractivity contribution is -0.140. The summed E-state index contributed by atoms with van der Waals surface area (Å²) in [7, 11) is 0. The lowest BCUT2D eigenvalue weighted by Gasteiger charge is -2.06. The summed E-state index contributed by atoms with van der Waals surface area (Å²) in [6.45, 7) is 5.55. The standard InChI is InChI=1S/C14H18O3/c1-10(2)14(16)13-6-4-12(5-7-13)8-9-17-11(3)15/h4-7,10H,8-9H2,1-3H3. The Balaban J connectivity index is 2.56. The molecule has 0 radical (unpaired) electrons. The largest absolute Gasteiger partial charge is 0.466 e. The molecule has 1 aromatic carbocycles. The smallest absolute Gasteiger partial charge is 0.302 e. The molecule has 0 saturated heterocycles. The van der Waals surface area contributed by atoms with Gasteiger partial charge in [0.15, 0.2) is 5.78 Å². The van der Waals surface area contributed by atoms with Crippen molar-refractivity contribution in [3.05, 3.63) is 35.4 Å². The van der Waals surface area contributed by atoms with Gasteiger partial charge in [-0.25, -0.2) is 0 Å². The van der Waals surface area contributed by atoms with E-state index in [1.165, 1.54) is 6.92 Å². The van der Waals surface area contributed by atoms with Gasteiger partial charge >= 0.3 is 5.97 Å². The van der Waals surface area contributed by atoms with Crippen molar-refractivity contribution in [2.45, 2.75) is 27.2 Å². The van der Waals surface area contributed by atoms with Crippen LogP contribution in [0.5, 0.6) is 0 Å². The average molecular weight is 234 g/mol. The Bertz CT molecular complexity index is 390. The number of ketones is 1. The zero-order valence-corrected chi connectivity index (χ0v) is 10.5. The average Bonchev–Trinajstić information content (AvgIpc) is 2.28. The molecule has 92 valence electrons. The Labute approximate surface area is 102 Å². The number of ether oxygens (including phenoxy) is 1. The molecule has 0 fully saturated rings. The number of hydrogen-bond donors (Lipinski definition) is 0. The summed E-state index contributed by atoms with van der Waals surface area (Å²) in [5, 5.41) is 0.